The second kappa shape index (κ2) is 8.67. The molecule has 27 heavy (non-hydrogen) atoms. The third kappa shape index (κ3) is 4.45. The van der Waals surface area contributed by atoms with Gasteiger partial charge in [0.2, 0.25) is 0 Å². The number of carbonyl (C=O) groups excluding carboxylic acids is 1. The molecule has 0 saturated carbocycles. The van der Waals surface area contributed by atoms with Crippen molar-refractivity contribution in [2.75, 3.05) is 11.9 Å². The Morgan fingerprint density at radius 1 is 1.04 bits per heavy atom. The van der Waals surface area contributed by atoms with Gasteiger partial charge >= 0.3 is 0 Å². The molecule has 0 aromatic heterocycles. The van der Waals surface area contributed by atoms with Gasteiger partial charge in [-0.05, 0) is 42.3 Å². The Hall–Kier alpha value is -2.88. The summed E-state index contributed by atoms with van der Waals surface area (Å²) in [5, 5.41) is 3.77. The summed E-state index contributed by atoms with van der Waals surface area (Å²) in [7, 11) is 0. The zero-order chi connectivity index (χ0) is 19.2. The first-order valence-electron chi connectivity index (χ1n) is 8.72. The van der Waals surface area contributed by atoms with Crippen molar-refractivity contribution in [3.8, 4) is 0 Å². The van der Waals surface area contributed by atoms with Crippen molar-refractivity contribution in [2.45, 2.75) is 6.92 Å². The van der Waals surface area contributed by atoms with E-state index in [9.17, 15) is 4.79 Å². The van der Waals surface area contributed by atoms with Gasteiger partial charge in [-0.15, -0.1) is 0 Å². The van der Waals surface area contributed by atoms with Crippen LogP contribution in [0.1, 0.15) is 27.0 Å². The second-order valence-electron chi connectivity index (χ2n) is 6.19. The Kier molecular flexibility index (Phi) is 6.07. The number of para-hydroxylation sites is 1. The monoisotopic (exact) mass is 376 g/mol. The van der Waals surface area contributed by atoms with Gasteiger partial charge in [-0.1, -0.05) is 66.2 Å². The molecule has 0 fully saturated rings. The van der Waals surface area contributed by atoms with E-state index in [-0.39, 0.29) is 5.78 Å². The summed E-state index contributed by atoms with van der Waals surface area (Å²) in [6.45, 7) is 2.40. The SMILES string of the molecule is Cc1ccccc1C(=O)c1ccc(Nc2ccccc2C=CCN)cc1Cl. The third-order valence-corrected chi connectivity index (χ3v) is 4.59. The molecule has 3 nitrogen and oxygen atoms in total. The van der Waals surface area contributed by atoms with Crippen molar-refractivity contribution in [3.63, 3.8) is 0 Å². The van der Waals surface area contributed by atoms with Gasteiger partial charge in [0.05, 0.1) is 5.02 Å². The van der Waals surface area contributed by atoms with Gasteiger partial charge < -0.3 is 11.1 Å². The number of halogens is 1. The van der Waals surface area contributed by atoms with E-state index in [1.165, 1.54) is 0 Å². The minimum atomic E-state index is -0.0732. The van der Waals surface area contributed by atoms with Crippen LogP contribution >= 0.6 is 11.6 Å². The molecule has 0 bridgehead atoms. The lowest BCUT2D eigenvalue weighted by Gasteiger charge is -2.12. The second-order valence-corrected chi connectivity index (χ2v) is 6.60. The van der Waals surface area contributed by atoms with Gasteiger partial charge in [-0.3, -0.25) is 4.79 Å². The number of nitrogens with one attached hydrogen (secondary N) is 1. The number of hydrogen-bond donors (Lipinski definition) is 2. The van der Waals surface area contributed by atoms with E-state index in [0.29, 0.717) is 22.7 Å². The van der Waals surface area contributed by atoms with E-state index in [4.69, 9.17) is 17.3 Å². The Labute approximate surface area is 164 Å². The molecule has 136 valence electrons. The van der Waals surface area contributed by atoms with Crippen LogP contribution in [-0.4, -0.2) is 12.3 Å². The average molecular weight is 377 g/mol. The highest BCUT2D eigenvalue weighted by atomic mass is 35.5. The molecule has 0 radical (unpaired) electrons. The van der Waals surface area contributed by atoms with E-state index in [1.807, 2.05) is 73.7 Å². The minimum Gasteiger partial charge on any atom is -0.355 e. The van der Waals surface area contributed by atoms with Crippen molar-refractivity contribution < 1.29 is 4.79 Å². The van der Waals surface area contributed by atoms with Crippen molar-refractivity contribution >= 4 is 34.8 Å². The summed E-state index contributed by atoms with van der Waals surface area (Å²) >= 11 is 6.42. The predicted octanol–water partition coefficient (Wildman–Crippen LogP) is 5.59. The number of ketones is 1. The number of benzene rings is 3. The van der Waals surface area contributed by atoms with Crippen LogP contribution in [0.3, 0.4) is 0 Å². The van der Waals surface area contributed by atoms with Crippen LogP contribution in [0.25, 0.3) is 6.08 Å². The number of rotatable bonds is 6. The Bertz CT molecular complexity index is 995. The maximum absolute atomic E-state index is 12.8. The van der Waals surface area contributed by atoms with Crippen molar-refractivity contribution in [1.29, 1.82) is 0 Å². The number of anilines is 2. The fourth-order valence-corrected chi connectivity index (χ4v) is 3.12. The Balaban J connectivity index is 1.87. The average Bonchev–Trinajstić information content (AvgIpc) is 2.67. The minimum absolute atomic E-state index is 0.0732. The van der Waals surface area contributed by atoms with E-state index < -0.39 is 0 Å². The fourth-order valence-electron chi connectivity index (χ4n) is 2.86. The lowest BCUT2D eigenvalue weighted by Crippen LogP contribution is -2.05. The van der Waals surface area contributed by atoms with Gasteiger partial charge in [0.25, 0.3) is 0 Å². The molecule has 0 unspecified atom stereocenters. The van der Waals surface area contributed by atoms with Crippen molar-refractivity contribution in [3.05, 3.63) is 100 Å². The van der Waals surface area contributed by atoms with E-state index in [2.05, 4.69) is 5.32 Å². The van der Waals surface area contributed by atoms with Gasteiger partial charge in [0, 0.05) is 29.0 Å². The van der Waals surface area contributed by atoms with Gasteiger partial charge in [-0.25, -0.2) is 0 Å². The van der Waals surface area contributed by atoms with Crippen LogP contribution in [-0.2, 0) is 0 Å². The van der Waals surface area contributed by atoms with Gasteiger partial charge in [0.15, 0.2) is 5.78 Å². The van der Waals surface area contributed by atoms with Crippen LogP contribution < -0.4 is 11.1 Å². The normalized spacial score (nSPS) is 10.9. The summed E-state index contributed by atoms with van der Waals surface area (Å²) in [4.78, 5) is 12.8. The lowest BCUT2D eigenvalue weighted by molar-refractivity contribution is 0.103. The quantitative estimate of drug-likeness (QED) is 0.551. The van der Waals surface area contributed by atoms with Gasteiger partial charge in [0.1, 0.15) is 0 Å². The molecule has 4 heteroatoms. The molecule has 3 aromatic rings. The zero-order valence-electron chi connectivity index (χ0n) is 15.1. The molecular weight excluding hydrogens is 356 g/mol. The molecule has 0 saturated heterocycles. The highest BCUT2D eigenvalue weighted by Crippen LogP contribution is 2.28. The third-order valence-electron chi connectivity index (χ3n) is 4.28. The molecule has 3 N–H and O–H groups in total. The predicted molar refractivity (Wildman–Crippen MR) is 114 cm³/mol. The summed E-state index contributed by atoms with van der Waals surface area (Å²) in [6, 6.07) is 20.8. The summed E-state index contributed by atoms with van der Waals surface area (Å²) in [5.74, 6) is -0.0732. The Morgan fingerprint density at radius 3 is 2.52 bits per heavy atom. The molecule has 0 spiro atoms. The summed E-state index contributed by atoms with van der Waals surface area (Å²) in [5.41, 5.74) is 10.4. The molecule has 0 atom stereocenters. The number of nitrogens with two attached hydrogens (primary N) is 1. The molecule has 0 aliphatic heterocycles. The highest BCUT2D eigenvalue weighted by Gasteiger charge is 2.15. The Morgan fingerprint density at radius 2 is 1.78 bits per heavy atom. The first-order valence-corrected chi connectivity index (χ1v) is 9.10. The number of carbonyl (C=O) groups is 1. The van der Waals surface area contributed by atoms with E-state index in [0.717, 1.165) is 22.5 Å². The zero-order valence-corrected chi connectivity index (χ0v) is 15.8. The van der Waals surface area contributed by atoms with Crippen molar-refractivity contribution in [2.24, 2.45) is 5.73 Å². The highest BCUT2D eigenvalue weighted by molar-refractivity contribution is 6.35. The van der Waals surface area contributed by atoms with Gasteiger partial charge in [-0.2, -0.15) is 0 Å². The van der Waals surface area contributed by atoms with Crippen LogP contribution in [0.4, 0.5) is 11.4 Å². The molecule has 3 aromatic carbocycles. The first kappa shape index (κ1) is 18.9. The number of aryl methyl sites for hydroxylation is 1. The number of hydrogen-bond acceptors (Lipinski definition) is 3. The maximum Gasteiger partial charge on any atom is 0.194 e. The first-order chi connectivity index (χ1) is 13.1. The smallest absolute Gasteiger partial charge is 0.194 e. The van der Waals surface area contributed by atoms with Crippen molar-refractivity contribution in [1.82, 2.24) is 0 Å². The molecular formula is C23H21ClN2O. The molecule has 0 amide bonds. The fraction of sp³-hybridized carbons (Fsp3) is 0.0870. The maximum atomic E-state index is 12.8. The molecule has 0 aliphatic rings. The molecule has 3 rings (SSSR count). The molecule has 0 heterocycles. The van der Waals surface area contributed by atoms with Crippen LogP contribution in [0.5, 0.6) is 0 Å². The lowest BCUT2D eigenvalue weighted by atomic mass is 9.99. The van der Waals surface area contributed by atoms with E-state index in [1.54, 1.807) is 12.1 Å². The van der Waals surface area contributed by atoms with E-state index >= 15 is 0 Å². The van der Waals surface area contributed by atoms with Crippen LogP contribution in [0.2, 0.25) is 5.02 Å². The topological polar surface area (TPSA) is 55.1 Å². The summed E-state index contributed by atoms with van der Waals surface area (Å²) in [6.07, 6.45) is 3.87. The standard InChI is InChI=1S/C23H21ClN2O/c1-16-7-2-4-10-19(16)23(27)20-13-12-18(15-21(20)24)26-22-11-5-3-8-17(22)9-6-14-25/h2-13,15,26H,14,25H2,1H3. The van der Waals surface area contributed by atoms with Crippen LogP contribution in [0, 0.1) is 6.92 Å². The van der Waals surface area contributed by atoms with Crippen LogP contribution in [0.15, 0.2) is 72.8 Å². The summed E-state index contributed by atoms with van der Waals surface area (Å²) < 4.78 is 0. The molecule has 0 aliphatic carbocycles. The largest absolute Gasteiger partial charge is 0.355 e.